The summed E-state index contributed by atoms with van der Waals surface area (Å²) in [5, 5.41) is 6.01. The first-order valence-corrected chi connectivity index (χ1v) is 7.24. The van der Waals surface area contributed by atoms with Crippen molar-refractivity contribution in [3.05, 3.63) is 0 Å². The molecule has 2 nitrogen and oxygen atoms in total. The Labute approximate surface area is 121 Å². The topological polar surface area (TPSA) is 24.1 Å². The Balaban J connectivity index is 5.00. The zero-order valence-electron chi connectivity index (χ0n) is 14.1. The van der Waals surface area contributed by atoms with Crippen LogP contribution in [0.1, 0.15) is 61.8 Å². The fourth-order valence-electron chi connectivity index (χ4n) is 2.10. The smallest absolute Gasteiger partial charge is 0.309 e. The van der Waals surface area contributed by atoms with Crippen LogP contribution in [0, 0.1) is 5.92 Å². The van der Waals surface area contributed by atoms with Gasteiger partial charge in [0, 0.05) is 17.1 Å². The Bertz CT molecular complexity index is 285. The molecule has 20 heavy (non-hydrogen) atoms. The molecule has 0 rings (SSSR count). The summed E-state index contributed by atoms with van der Waals surface area (Å²) in [6, 6.07) is -1.68. The Kier molecular flexibility index (Phi) is 6.55. The van der Waals surface area contributed by atoms with Crippen LogP contribution in [0.25, 0.3) is 0 Å². The molecule has 0 aliphatic heterocycles. The van der Waals surface area contributed by atoms with Gasteiger partial charge in [-0.3, -0.25) is 0 Å². The van der Waals surface area contributed by atoms with E-state index in [4.69, 9.17) is 0 Å². The summed E-state index contributed by atoms with van der Waals surface area (Å²) in [7, 11) is 0. The van der Waals surface area contributed by atoms with Crippen molar-refractivity contribution in [1.29, 1.82) is 0 Å². The molecule has 0 aromatic rings. The van der Waals surface area contributed by atoms with Gasteiger partial charge in [0.25, 0.3) is 0 Å². The van der Waals surface area contributed by atoms with E-state index in [1.54, 1.807) is 20.8 Å². The van der Waals surface area contributed by atoms with Crippen molar-refractivity contribution in [2.24, 2.45) is 5.92 Å². The van der Waals surface area contributed by atoms with E-state index in [1.165, 1.54) is 0 Å². The molecular weight excluding hydrogens is 265 g/mol. The summed E-state index contributed by atoms with van der Waals surface area (Å²) in [6.45, 7) is 15.1. The van der Waals surface area contributed by atoms with Gasteiger partial charge in [0.05, 0.1) is 0 Å². The molecule has 0 amide bonds. The number of hydrogen-bond acceptors (Lipinski definition) is 2. The van der Waals surface area contributed by atoms with Gasteiger partial charge in [-0.05, 0) is 53.9 Å². The van der Waals surface area contributed by atoms with Crippen molar-refractivity contribution in [3.8, 4) is 0 Å². The summed E-state index contributed by atoms with van der Waals surface area (Å²) in [5.41, 5.74) is -0.768. The summed E-state index contributed by atoms with van der Waals surface area (Å²) >= 11 is 0. The van der Waals surface area contributed by atoms with E-state index in [1.807, 2.05) is 34.6 Å². The van der Waals surface area contributed by atoms with Gasteiger partial charge < -0.3 is 10.6 Å². The summed E-state index contributed by atoms with van der Waals surface area (Å²) < 4.78 is 39.7. The van der Waals surface area contributed by atoms with E-state index in [-0.39, 0.29) is 23.9 Å². The highest BCUT2D eigenvalue weighted by molar-refractivity contribution is 4.90. The van der Waals surface area contributed by atoms with Crippen molar-refractivity contribution in [2.75, 3.05) is 0 Å². The lowest BCUT2D eigenvalue weighted by Gasteiger charge is -2.37. The third kappa shape index (κ3) is 8.80. The van der Waals surface area contributed by atoms with E-state index in [2.05, 4.69) is 10.6 Å². The maximum atomic E-state index is 13.2. The van der Waals surface area contributed by atoms with Gasteiger partial charge >= 0.3 is 6.18 Å². The van der Waals surface area contributed by atoms with Crippen LogP contribution in [0.2, 0.25) is 0 Å². The Morgan fingerprint density at radius 1 is 0.800 bits per heavy atom. The molecule has 0 spiro atoms. The van der Waals surface area contributed by atoms with Crippen LogP contribution in [0.4, 0.5) is 13.2 Å². The molecule has 0 aliphatic carbocycles. The average Bonchev–Trinajstić information content (AvgIpc) is 2.09. The van der Waals surface area contributed by atoms with Gasteiger partial charge in [0.2, 0.25) is 0 Å². The standard InChI is InChI=1S/C15H31F3N2/c1-10(2)11(19-13(3,4)5)9-12(15(16,17)18)20-14(6,7)8/h10-12,19-20H,9H2,1-8H3. The van der Waals surface area contributed by atoms with Crippen molar-refractivity contribution >= 4 is 0 Å². The van der Waals surface area contributed by atoms with E-state index in [0.717, 1.165) is 0 Å². The Hall–Kier alpha value is -0.290. The first-order chi connectivity index (χ1) is 8.62. The molecule has 0 aromatic carbocycles. The highest BCUT2D eigenvalue weighted by Gasteiger charge is 2.43. The first kappa shape index (κ1) is 19.7. The van der Waals surface area contributed by atoms with E-state index < -0.39 is 17.8 Å². The molecule has 0 bridgehead atoms. The van der Waals surface area contributed by atoms with Gasteiger partial charge in [0.15, 0.2) is 0 Å². The van der Waals surface area contributed by atoms with Crippen LogP contribution in [0.15, 0.2) is 0 Å². The van der Waals surface area contributed by atoms with Crippen LogP contribution >= 0.6 is 0 Å². The molecule has 0 fully saturated rings. The maximum absolute atomic E-state index is 13.2. The van der Waals surface area contributed by atoms with Crippen LogP contribution in [0.5, 0.6) is 0 Å². The largest absolute Gasteiger partial charge is 0.403 e. The molecule has 2 unspecified atom stereocenters. The Morgan fingerprint density at radius 3 is 1.45 bits per heavy atom. The van der Waals surface area contributed by atoms with Crippen molar-refractivity contribution < 1.29 is 13.2 Å². The normalized spacial score (nSPS) is 17.4. The lowest BCUT2D eigenvalue weighted by atomic mass is 9.92. The van der Waals surface area contributed by atoms with Crippen molar-refractivity contribution in [2.45, 2.75) is 91.1 Å². The predicted molar refractivity (Wildman–Crippen MR) is 78.9 cm³/mol. The van der Waals surface area contributed by atoms with Crippen LogP contribution in [-0.4, -0.2) is 29.3 Å². The minimum atomic E-state index is -4.24. The molecule has 0 aliphatic rings. The van der Waals surface area contributed by atoms with Gasteiger partial charge in [0.1, 0.15) is 6.04 Å². The molecule has 0 saturated heterocycles. The highest BCUT2D eigenvalue weighted by Crippen LogP contribution is 2.27. The number of alkyl halides is 3. The molecule has 0 saturated carbocycles. The SMILES string of the molecule is CC(C)C(CC(NC(C)(C)C)C(F)(F)F)NC(C)(C)C. The highest BCUT2D eigenvalue weighted by atomic mass is 19.4. The fraction of sp³-hybridized carbons (Fsp3) is 1.00. The Morgan fingerprint density at radius 2 is 1.20 bits per heavy atom. The lowest BCUT2D eigenvalue weighted by Crippen LogP contribution is -2.56. The molecule has 2 N–H and O–H groups in total. The van der Waals surface area contributed by atoms with Gasteiger partial charge in [-0.1, -0.05) is 13.8 Å². The van der Waals surface area contributed by atoms with Crippen LogP contribution in [0.3, 0.4) is 0 Å². The quantitative estimate of drug-likeness (QED) is 0.798. The molecule has 0 aromatic heterocycles. The lowest BCUT2D eigenvalue weighted by molar-refractivity contribution is -0.163. The van der Waals surface area contributed by atoms with E-state index >= 15 is 0 Å². The molecule has 2 atom stereocenters. The molecular formula is C15H31F3N2. The number of halogens is 3. The van der Waals surface area contributed by atoms with Crippen LogP contribution in [-0.2, 0) is 0 Å². The fourth-order valence-corrected chi connectivity index (χ4v) is 2.10. The summed E-state index contributed by atoms with van der Waals surface area (Å²) in [4.78, 5) is 0. The van der Waals surface area contributed by atoms with E-state index in [0.29, 0.717) is 0 Å². The van der Waals surface area contributed by atoms with Gasteiger partial charge in [-0.25, -0.2) is 0 Å². The minimum Gasteiger partial charge on any atom is -0.309 e. The molecule has 122 valence electrons. The second kappa shape index (κ2) is 6.65. The second-order valence-corrected chi connectivity index (χ2v) is 7.97. The summed E-state index contributed by atoms with van der Waals surface area (Å²) in [6.07, 6.45) is -4.20. The average molecular weight is 296 g/mol. The predicted octanol–water partition coefficient (Wildman–Crippen LogP) is 4.11. The third-order valence-electron chi connectivity index (χ3n) is 2.92. The zero-order valence-corrected chi connectivity index (χ0v) is 14.1. The van der Waals surface area contributed by atoms with E-state index in [9.17, 15) is 13.2 Å². The molecule has 0 heterocycles. The van der Waals surface area contributed by atoms with Crippen molar-refractivity contribution in [3.63, 3.8) is 0 Å². The van der Waals surface area contributed by atoms with Gasteiger partial charge in [-0.15, -0.1) is 0 Å². The van der Waals surface area contributed by atoms with Crippen molar-refractivity contribution in [1.82, 2.24) is 10.6 Å². The summed E-state index contributed by atoms with van der Waals surface area (Å²) in [5.74, 6) is 0.140. The zero-order chi connectivity index (χ0) is 16.4. The number of nitrogens with one attached hydrogen (secondary N) is 2. The number of rotatable bonds is 5. The van der Waals surface area contributed by atoms with Crippen LogP contribution < -0.4 is 10.6 Å². The first-order valence-electron chi connectivity index (χ1n) is 7.24. The van der Waals surface area contributed by atoms with Gasteiger partial charge in [-0.2, -0.15) is 13.2 Å². The molecule has 0 radical (unpaired) electrons. The minimum absolute atomic E-state index is 0.0374. The maximum Gasteiger partial charge on any atom is 0.403 e. The third-order valence-corrected chi connectivity index (χ3v) is 2.92. The monoisotopic (exact) mass is 296 g/mol. The molecule has 5 heteroatoms. The second-order valence-electron chi connectivity index (χ2n) is 7.97. The number of hydrogen-bond donors (Lipinski definition) is 2.